The summed E-state index contributed by atoms with van der Waals surface area (Å²) >= 11 is 0. The average Bonchev–Trinajstić information content (AvgIpc) is 2.34. The van der Waals surface area contributed by atoms with Gasteiger partial charge in [0.05, 0.1) is 6.04 Å². The van der Waals surface area contributed by atoms with E-state index < -0.39 is 8.80 Å². The molecule has 2 aromatic rings. The molecule has 0 nitrogen and oxygen atoms in total. The second kappa shape index (κ2) is 6.19. The lowest BCUT2D eigenvalue weighted by atomic mass is 10.1. The lowest BCUT2D eigenvalue weighted by molar-refractivity contribution is 1.31. The van der Waals surface area contributed by atoms with Crippen LogP contribution in [0.15, 0.2) is 24.3 Å². The molecule has 2 rings (SSSR count). The summed E-state index contributed by atoms with van der Waals surface area (Å²) in [5, 5.41) is 3.26. The highest BCUT2D eigenvalue weighted by Crippen LogP contribution is 2.13. The van der Waals surface area contributed by atoms with Crippen LogP contribution < -0.4 is 10.4 Å². The van der Waals surface area contributed by atoms with E-state index in [0.29, 0.717) is 0 Å². The van der Waals surface area contributed by atoms with Crippen LogP contribution in [0.2, 0.25) is 6.04 Å². The van der Waals surface area contributed by atoms with E-state index in [1.54, 1.807) is 10.4 Å². The third-order valence-electron chi connectivity index (χ3n) is 4.31. The first kappa shape index (κ1) is 16.0. The molecular weight excluding hydrogens is 268 g/mol. The van der Waals surface area contributed by atoms with Crippen molar-refractivity contribution >= 4 is 19.2 Å². The fourth-order valence-electron chi connectivity index (χ4n) is 3.79. The molecule has 0 saturated heterocycles. The summed E-state index contributed by atoms with van der Waals surface area (Å²) < 4.78 is 0. The number of hydrogen-bond donors (Lipinski definition) is 0. The minimum absolute atomic E-state index is 0.692. The van der Waals surface area contributed by atoms with Gasteiger partial charge < -0.3 is 0 Å². The van der Waals surface area contributed by atoms with Gasteiger partial charge in [-0.2, -0.15) is 0 Å². The van der Waals surface area contributed by atoms with Gasteiger partial charge in [-0.15, -0.1) is 0 Å². The van der Waals surface area contributed by atoms with E-state index >= 15 is 0 Å². The highest BCUT2D eigenvalue weighted by atomic mass is 28.3. The normalized spacial score (nSPS) is 10.8. The van der Waals surface area contributed by atoms with Crippen molar-refractivity contribution in [3.8, 4) is 0 Å². The van der Waals surface area contributed by atoms with Gasteiger partial charge in [0, 0.05) is 0 Å². The summed E-state index contributed by atoms with van der Waals surface area (Å²) in [6, 6.07) is 10.6. The van der Waals surface area contributed by atoms with Gasteiger partial charge in [0.25, 0.3) is 0 Å². The second-order valence-electron chi connectivity index (χ2n) is 6.38. The highest BCUT2D eigenvalue weighted by Gasteiger charge is 2.37. The summed E-state index contributed by atoms with van der Waals surface area (Å²) in [6.07, 6.45) is 0. The van der Waals surface area contributed by atoms with Gasteiger partial charge in [0.15, 0.2) is 0 Å². The maximum absolute atomic E-state index is 2.35. The Balaban J connectivity index is 2.66. The molecule has 110 valence electrons. The summed E-state index contributed by atoms with van der Waals surface area (Å²) in [6.45, 7) is 15.9. The summed E-state index contributed by atoms with van der Waals surface area (Å²) in [5.74, 6) is 0. The van der Waals surface area contributed by atoms with Gasteiger partial charge in [-0.05, 0) is 70.7 Å². The Bertz CT molecular complexity index is 564. The van der Waals surface area contributed by atoms with Gasteiger partial charge in [0.2, 0.25) is 0 Å². The first-order valence-corrected chi connectivity index (χ1v) is 9.58. The molecule has 0 amide bonds. The van der Waals surface area contributed by atoms with E-state index in [1.807, 2.05) is 0 Å². The Morgan fingerprint density at radius 2 is 0.905 bits per heavy atom. The van der Waals surface area contributed by atoms with Crippen LogP contribution in [0, 0.1) is 41.5 Å². The minimum Gasteiger partial charge on any atom is -0.0534 e. The van der Waals surface area contributed by atoms with Crippen LogP contribution in [-0.4, -0.2) is 8.80 Å². The van der Waals surface area contributed by atoms with Crippen LogP contribution in [0.4, 0.5) is 0 Å². The lowest BCUT2D eigenvalue weighted by Crippen LogP contribution is -2.46. The van der Waals surface area contributed by atoms with Gasteiger partial charge in [0.1, 0.15) is 10.4 Å². The minimum atomic E-state index is -0.692. The van der Waals surface area contributed by atoms with Crippen molar-refractivity contribution < 1.29 is 0 Å². The third kappa shape index (κ3) is 3.13. The molecule has 0 radical (unpaired) electrons. The van der Waals surface area contributed by atoms with Crippen molar-refractivity contribution in [2.24, 2.45) is 0 Å². The van der Waals surface area contributed by atoms with Crippen LogP contribution in [0.1, 0.15) is 40.3 Å². The molecule has 0 aliphatic carbocycles. The maximum Gasteiger partial charge on any atom is 0.391 e. The molecule has 0 bridgehead atoms. The molecular formula is C20H27Si+. The molecule has 21 heavy (non-hydrogen) atoms. The van der Waals surface area contributed by atoms with E-state index in [-0.39, 0.29) is 0 Å². The van der Waals surface area contributed by atoms with Crippen molar-refractivity contribution in [2.75, 3.05) is 0 Å². The predicted octanol–water partition coefficient (Wildman–Crippen LogP) is 4.17. The van der Waals surface area contributed by atoms with Gasteiger partial charge in [-0.1, -0.05) is 35.4 Å². The van der Waals surface area contributed by atoms with Crippen LogP contribution in [0.25, 0.3) is 0 Å². The molecule has 0 aliphatic heterocycles. The predicted molar refractivity (Wildman–Crippen MR) is 96.8 cm³/mol. The van der Waals surface area contributed by atoms with Crippen molar-refractivity contribution in [1.29, 1.82) is 0 Å². The molecule has 0 aliphatic rings. The largest absolute Gasteiger partial charge is 0.391 e. The quantitative estimate of drug-likeness (QED) is 0.746. The molecule has 0 atom stereocenters. The zero-order chi connectivity index (χ0) is 15.7. The lowest BCUT2D eigenvalue weighted by Gasteiger charge is -2.13. The molecule has 0 N–H and O–H groups in total. The smallest absolute Gasteiger partial charge is 0.0534 e. The molecule has 0 fully saturated rings. The SMILES string of the molecule is CC[Si+](c1c(C)cc(C)cc1C)c1c(C)cc(C)cc1C. The van der Waals surface area contributed by atoms with Gasteiger partial charge in [-0.25, -0.2) is 0 Å². The topological polar surface area (TPSA) is 0 Å². The highest BCUT2D eigenvalue weighted by molar-refractivity contribution is 6.86. The van der Waals surface area contributed by atoms with Crippen LogP contribution >= 0.6 is 0 Å². The molecule has 0 aromatic heterocycles. The molecule has 0 heterocycles. The molecule has 1 heteroatoms. The zero-order valence-electron chi connectivity index (χ0n) is 14.5. The summed E-state index contributed by atoms with van der Waals surface area (Å²) in [7, 11) is -0.692. The average molecular weight is 296 g/mol. The Kier molecular flexibility index (Phi) is 4.73. The number of rotatable bonds is 3. The molecule has 0 spiro atoms. The fourth-order valence-corrected chi connectivity index (χ4v) is 6.94. The maximum atomic E-state index is 2.35. The van der Waals surface area contributed by atoms with Crippen molar-refractivity contribution in [3.05, 3.63) is 57.6 Å². The zero-order valence-corrected chi connectivity index (χ0v) is 15.5. The van der Waals surface area contributed by atoms with Crippen molar-refractivity contribution in [3.63, 3.8) is 0 Å². The number of hydrogen-bond acceptors (Lipinski definition) is 0. The first-order chi connectivity index (χ1) is 9.85. The van der Waals surface area contributed by atoms with Crippen LogP contribution in [0.5, 0.6) is 0 Å². The Hall–Kier alpha value is -1.34. The monoisotopic (exact) mass is 295 g/mol. The number of aryl methyl sites for hydroxylation is 6. The Morgan fingerprint density at radius 3 is 1.14 bits per heavy atom. The van der Waals surface area contributed by atoms with Crippen molar-refractivity contribution in [2.45, 2.75) is 54.5 Å². The summed E-state index contributed by atoms with van der Waals surface area (Å²) in [5.41, 5.74) is 8.66. The Labute approximate surface area is 131 Å². The standard InChI is InChI=1S/C20H27Si/c1-8-21(19-15(4)9-13(2)10-16(19)5)20-17(6)11-14(3)12-18(20)7/h9-12H,8H2,1-7H3/q+1. The molecule has 0 unspecified atom stereocenters. The van der Waals surface area contributed by atoms with E-state index in [9.17, 15) is 0 Å². The first-order valence-electron chi connectivity index (χ1n) is 7.87. The van der Waals surface area contributed by atoms with E-state index in [0.717, 1.165) is 0 Å². The van der Waals surface area contributed by atoms with Gasteiger partial charge >= 0.3 is 8.80 Å². The van der Waals surface area contributed by atoms with E-state index in [4.69, 9.17) is 0 Å². The number of benzene rings is 2. The van der Waals surface area contributed by atoms with Crippen molar-refractivity contribution in [1.82, 2.24) is 0 Å². The van der Waals surface area contributed by atoms with Crippen LogP contribution in [-0.2, 0) is 0 Å². The third-order valence-corrected chi connectivity index (χ3v) is 7.80. The molecule has 2 aromatic carbocycles. The Morgan fingerprint density at radius 1 is 0.619 bits per heavy atom. The molecule has 0 saturated carbocycles. The summed E-state index contributed by atoms with van der Waals surface area (Å²) in [4.78, 5) is 0. The van der Waals surface area contributed by atoms with E-state index in [2.05, 4.69) is 72.7 Å². The van der Waals surface area contributed by atoms with Crippen LogP contribution in [0.3, 0.4) is 0 Å². The van der Waals surface area contributed by atoms with Gasteiger partial charge in [-0.3, -0.25) is 0 Å². The fraction of sp³-hybridized carbons (Fsp3) is 0.400. The second-order valence-corrected chi connectivity index (χ2v) is 9.04. The van der Waals surface area contributed by atoms with E-state index in [1.165, 1.54) is 39.4 Å².